The molecule has 1 aliphatic heterocycles. The van der Waals surface area contributed by atoms with Gasteiger partial charge in [0.05, 0.1) is 29.4 Å². The van der Waals surface area contributed by atoms with Crippen LogP contribution in [0.25, 0.3) is 22.2 Å². The van der Waals surface area contributed by atoms with E-state index in [9.17, 15) is 19.4 Å². The maximum atomic E-state index is 14.4. The topological polar surface area (TPSA) is 73.7 Å². The van der Waals surface area contributed by atoms with Crippen molar-refractivity contribution in [3.05, 3.63) is 59.9 Å². The Morgan fingerprint density at radius 2 is 2.04 bits per heavy atom. The van der Waals surface area contributed by atoms with Crippen molar-refractivity contribution in [3.8, 4) is 17.0 Å². The molecular weight excluding hydrogens is 347 g/mol. The Morgan fingerprint density at radius 1 is 1.22 bits per heavy atom. The molecule has 1 fully saturated rings. The summed E-state index contributed by atoms with van der Waals surface area (Å²) in [6, 6.07) is 12.5. The third-order valence-electron chi connectivity index (χ3n) is 5.02. The van der Waals surface area contributed by atoms with Gasteiger partial charge in [-0.2, -0.15) is 0 Å². The third kappa shape index (κ3) is 3.13. The fourth-order valence-electron chi connectivity index (χ4n) is 3.65. The summed E-state index contributed by atoms with van der Waals surface area (Å²) in [5.41, 5.74) is 1.57. The molecule has 1 saturated heterocycles. The number of hydrogen-bond acceptors (Lipinski definition) is 4. The Hall–Kier alpha value is -2.99. The van der Waals surface area contributed by atoms with Crippen LogP contribution in [0.3, 0.4) is 0 Å². The molecule has 6 heteroatoms. The molecule has 1 atom stereocenters. The number of phenolic OH excluding ortho intramolecular Hbond substituents is 1. The third-order valence-corrected chi connectivity index (χ3v) is 5.02. The number of phenols is 1. The van der Waals surface area contributed by atoms with Gasteiger partial charge in [-0.15, -0.1) is 0 Å². The van der Waals surface area contributed by atoms with Gasteiger partial charge in [0.25, 0.3) is 5.91 Å². The smallest absolute Gasteiger partial charge is 0.254 e. The van der Waals surface area contributed by atoms with Crippen molar-refractivity contribution in [1.29, 1.82) is 0 Å². The molecule has 2 aromatic carbocycles. The predicted molar refractivity (Wildman–Crippen MR) is 99.9 cm³/mol. The van der Waals surface area contributed by atoms with Crippen molar-refractivity contribution in [1.82, 2.24) is 9.88 Å². The molecular formula is C21H19FN2O3. The van der Waals surface area contributed by atoms with Crippen LogP contribution >= 0.6 is 0 Å². The number of nitrogens with zero attached hydrogens (tertiary/aromatic N) is 2. The van der Waals surface area contributed by atoms with Gasteiger partial charge in [-0.1, -0.05) is 18.2 Å². The lowest BCUT2D eigenvalue weighted by Crippen LogP contribution is -2.37. The number of pyridine rings is 1. The summed E-state index contributed by atoms with van der Waals surface area (Å²) in [5, 5.41) is 19.7. The van der Waals surface area contributed by atoms with Crippen molar-refractivity contribution in [3.63, 3.8) is 0 Å². The van der Waals surface area contributed by atoms with E-state index in [1.807, 2.05) is 18.2 Å². The van der Waals surface area contributed by atoms with Crippen LogP contribution in [0.4, 0.5) is 4.39 Å². The van der Waals surface area contributed by atoms with Crippen LogP contribution in [-0.4, -0.2) is 45.2 Å². The molecule has 2 heterocycles. The number of halogens is 1. The average Bonchev–Trinajstić information content (AvgIpc) is 3.15. The Labute approximate surface area is 155 Å². The number of aliphatic hydroxyl groups excluding tert-OH is 1. The summed E-state index contributed by atoms with van der Waals surface area (Å²) in [5.74, 6) is -0.965. The number of carbonyl (C=O) groups excluding carboxylic acids is 1. The van der Waals surface area contributed by atoms with Crippen molar-refractivity contribution >= 4 is 16.8 Å². The van der Waals surface area contributed by atoms with Crippen LogP contribution in [0.1, 0.15) is 23.2 Å². The molecule has 2 N–H and O–H groups in total. The lowest BCUT2D eigenvalue weighted by atomic mass is 10.0. The molecule has 0 spiro atoms. The molecule has 0 radical (unpaired) electrons. The largest absolute Gasteiger partial charge is 0.508 e. The van der Waals surface area contributed by atoms with Gasteiger partial charge in [-0.25, -0.2) is 9.37 Å². The van der Waals surface area contributed by atoms with E-state index in [-0.39, 0.29) is 29.9 Å². The quantitative estimate of drug-likeness (QED) is 0.746. The van der Waals surface area contributed by atoms with Gasteiger partial charge in [0.15, 0.2) is 0 Å². The minimum atomic E-state index is -0.606. The normalized spacial score (nSPS) is 16.8. The Bertz CT molecular complexity index is 1020. The van der Waals surface area contributed by atoms with Gasteiger partial charge in [-0.05, 0) is 37.1 Å². The second-order valence-electron chi connectivity index (χ2n) is 6.71. The maximum Gasteiger partial charge on any atom is 0.254 e. The molecule has 0 aliphatic carbocycles. The van der Waals surface area contributed by atoms with E-state index < -0.39 is 5.82 Å². The van der Waals surface area contributed by atoms with Gasteiger partial charge < -0.3 is 15.1 Å². The molecule has 1 aliphatic rings. The predicted octanol–water partition coefficient (Wildman–Crippen LogP) is 3.34. The first-order valence-electron chi connectivity index (χ1n) is 8.89. The monoisotopic (exact) mass is 366 g/mol. The number of benzene rings is 2. The van der Waals surface area contributed by atoms with Crippen molar-refractivity contribution < 1.29 is 19.4 Å². The number of hydrogen-bond donors (Lipinski definition) is 2. The van der Waals surface area contributed by atoms with Crippen molar-refractivity contribution in [2.75, 3.05) is 13.2 Å². The SMILES string of the molecule is O=C(c1cc(-c2ccc(O)cc2F)nc2ccccc12)N1CCCC1CO. The van der Waals surface area contributed by atoms with Crippen LogP contribution in [0.5, 0.6) is 5.75 Å². The van der Waals surface area contributed by atoms with Crippen molar-refractivity contribution in [2.24, 2.45) is 0 Å². The standard InChI is InChI=1S/C21H19FN2O3/c22-18-10-14(26)7-8-16(18)20-11-17(15-5-1-2-6-19(15)23-20)21(27)24-9-3-4-13(24)12-25/h1-2,5-8,10-11,13,25-26H,3-4,9,12H2. The number of rotatable bonds is 3. The molecule has 1 unspecified atom stereocenters. The summed E-state index contributed by atoms with van der Waals surface area (Å²) in [6.07, 6.45) is 1.62. The molecule has 1 amide bonds. The van der Waals surface area contributed by atoms with Gasteiger partial charge in [-0.3, -0.25) is 4.79 Å². The number of likely N-dealkylation sites (tertiary alicyclic amines) is 1. The highest BCUT2D eigenvalue weighted by atomic mass is 19.1. The van der Waals surface area contributed by atoms with E-state index in [4.69, 9.17) is 0 Å². The van der Waals surface area contributed by atoms with E-state index in [0.29, 0.717) is 28.7 Å². The fraction of sp³-hybridized carbons (Fsp3) is 0.238. The molecule has 1 aromatic heterocycles. The van der Waals surface area contributed by atoms with Crippen molar-refractivity contribution in [2.45, 2.75) is 18.9 Å². The van der Waals surface area contributed by atoms with Gasteiger partial charge >= 0.3 is 0 Å². The van der Waals surface area contributed by atoms with Gasteiger partial charge in [0.2, 0.25) is 0 Å². The van der Waals surface area contributed by atoms with Gasteiger partial charge in [0.1, 0.15) is 11.6 Å². The summed E-state index contributed by atoms with van der Waals surface area (Å²) < 4.78 is 14.4. The van der Waals surface area contributed by atoms with Crippen LogP contribution in [0.2, 0.25) is 0 Å². The van der Waals surface area contributed by atoms with Crippen LogP contribution < -0.4 is 0 Å². The summed E-state index contributed by atoms with van der Waals surface area (Å²) in [7, 11) is 0. The molecule has 0 bridgehead atoms. The highest BCUT2D eigenvalue weighted by Gasteiger charge is 2.30. The van der Waals surface area contributed by atoms with E-state index in [2.05, 4.69) is 4.98 Å². The number of aliphatic hydroxyl groups is 1. The first-order chi connectivity index (χ1) is 13.1. The van der Waals surface area contributed by atoms with Gasteiger partial charge in [0, 0.05) is 23.6 Å². The first-order valence-corrected chi connectivity index (χ1v) is 8.89. The number of fused-ring (bicyclic) bond motifs is 1. The molecule has 3 aromatic rings. The Balaban J connectivity index is 1.87. The minimum absolute atomic E-state index is 0.0752. The van der Waals surface area contributed by atoms with E-state index >= 15 is 0 Å². The summed E-state index contributed by atoms with van der Waals surface area (Å²) in [4.78, 5) is 19.4. The summed E-state index contributed by atoms with van der Waals surface area (Å²) in [6.45, 7) is 0.512. The number of para-hydroxylation sites is 1. The zero-order chi connectivity index (χ0) is 19.0. The second-order valence-corrected chi connectivity index (χ2v) is 6.71. The Morgan fingerprint density at radius 3 is 2.81 bits per heavy atom. The average molecular weight is 366 g/mol. The molecule has 27 heavy (non-hydrogen) atoms. The van der Waals surface area contributed by atoms with Crippen LogP contribution in [0, 0.1) is 5.82 Å². The first kappa shape index (κ1) is 17.4. The lowest BCUT2D eigenvalue weighted by Gasteiger charge is -2.24. The molecule has 0 saturated carbocycles. The maximum absolute atomic E-state index is 14.4. The number of aromatic nitrogens is 1. The van der Waals surface area contributed by atoms with Crippen LogP contribution in [-0.2, 0) is 0 Å². The zero-order valence-corrected chi connectivity index (χ0v) is 14.6. The summed E-state index contributed by atoms with van der Waals surface area (Å²) >= 11 is 0. The second kappa shape index (κ2) is 6.96. The fourth-order valence-corrected chi connectivity index (χ4v) is 3.65. The number of aromatic hydroxyl groups is 1. The Kier molecular flexibility index (Phi) is 4.49. The highest BCUT2D eigenvalue weighted by molar-refractivity contribution is 6.07. The number of amides is 1. The highest BCUT2D eigenvalue weighted by Crippen LogP contribution is 2.30. The van der Waals surface area contributed by atoms with E-state index in [1.54, 1.807) is 17.0 Å². The molecule has 4 rings (SSSR count). The lowest BCUT2D eigenvalue weighted by molar-refractivity contribution is 0.0679. The minimum Gasteiger partial charge on any atom is -0.508 e. The zero-order valence-electron chi connectivity index (χ0n) is 14.6. The van der Waals surface area contributed by atoms with Crippen LogP contribution in [0.15, 0.2) is 48.5 Å². The number of carbonyl (C=O) groups is 1. The van der Waals surface area contributed by atoms with E-state index in [0.717, 1.165) is 18.9 Å². The molecule has 5 nitrogen and oxygen atoms in total. The molecule has 138 valence electrons. The van der Waals surface area contributed by atoms with E-state index in [1.165, 1.54) is 12.1 Å².